The molecule has 3 N–H and O–H groups in total. The Morgan fingerprint density at radius 1 is 1.18 bits per heavy atom. The molecule has 1 saturated heterocycles. The summed E-state index contributed by atoms with van der Waals surface area (Å²) in [5.41, 5.74) is 10.4. The number of aryl methyl sites for hydroxylation is 1. The van der Waals surface area contributed by atoms with Crippen LogP contribution >= 0.6 is 0 Å². The molecule has 1 aromatic carbocycles. The standard InChI is InChI=1S/C22H24N4O2/c1-14-5-4-8-18-24-17(13-26(14)18)21(28)25-11-9-22(10-12-25)16-7-3-2-6-15(16)19(23)20(22)27/h2-8,13,19-20,27H,9-12,23H2,1H3/t19-,20+/m1/s1. The van der Waals surface area contributed by atoms with E-state index in [1.54, 1.807) is 0 Å². The third-order valence-electron chi connectivity index (χ3n) is 6.62. The molecule has 1 aliphatic heterocycles. The highest BCUT2D eigenvalue weighted by molar-refractivity contribution is 5.93. The summed E-state index contributed by atoms with van der Waals surface area (Å²) in [4.78, 5) is 19.4. The van der Waals surface area contributed by atoms with Crippen LogP contribution < -0.4 is 5.73 Å². The fourth-order valence-corrected chi connectivity index (χ4v) is 5.00. The molecular weight excluding hydrogens is 352 g/mol. The lowest BCUT2D eigenvalue weighted by molar-refractivity contribution is 0.0260. The molecule has 1 amide bonds. The highest BCUT2D eigenvalue weighted by Gasteiger charge is 2.51. The number of amides is 1. The summed E-state index contributed by atoms with van der Waals surface area (Å²) in [5, 5.41) is 10.9. The predicted octanol–water partition coefficient (Wildman–Crippen LogP) is 2.19. The fourth-order valence-electron chi connectivity index (χ4n) is 5.00. The maximum absolute atomic E-state index is 13.0. The molecule has 0 saturated carbocycles. The summed E-state index contributed by atoms with van der Waals surface area (Å²) in [7, 11) is 0. The van der Waals surface area contributed by atoms with Gasteiger partial charge in [-0.05, 0) is 43.0 Å². The van der Waals surface area contributed by atoms with E-state index in [1.165, 1.54) is 0 Å². The van der Waals surface area contributed by atoms with Crippen LogP contribution in [0.3, 0.4) is 0 Å². The monoisotopic (exact) mass is 376 g/mol. The number of hydrogen-bond donors (Lipinski definition) is 2. The quantitative estimate of drug-likeness (QED) is 0.682. The molecule has 6 heteroatoms. The summed E-state index contributed by atoms with van der Waals surface area (Å²) in [6.45, 7) is 3.17. The number of carbonyl (C=O) groups is 1. The van der Waals surface area contributed by atoms with Gasteiger partial charge in [0.25, 0.3) is 5.91 Å². The van der Waals surface area contributed by atoms with Crippen molar-refractivity contribution < 1.29 is 9.90 Å². The minimum Gasteiger partial charge on any atom is -0.390 e. The molecule has 0 bridgehead atoms. The van der Waals surface area contributed by atoms with Gasteiger partial charge in [-0.15, -0.1) is 0 Å². The van der Waals surface area contributed by atoms with Gasteiger partial charge >= 0.3 is 0 Å². The molecule has 1 fully saturated rings. The first-order valence-corrected chi connectivity index (χ1v) is 9.78. The Labute approximate surface area is 163 Å². The van der Waals surface area contributed by atoms with Crippen LogP contribution in [0, 0.1) is 6.92 Å². The summed E-state index contributed by atoms with van der Waals surface area (Å²) in [6.07, 6.45) is 2.61. The number of nitrogens with two attached hydrogens (primary N) is 1. The predicted molar refractivity (Wildman–Crippen MR) is 106 cm³/mol. The van der Waals surface area contributed by atoms with E-state index in [-0.39, 0.29) is 17.4 Å². The maximum Gasteiger partial charge on any atom is 0.274 e. The lowest BCUT2D eigenvalue weighted by Crippen LogP contribution is -2.50. The van der Waals surface area contributed by atoms with E-state index in [4.69, 9.17) is 5.73 Å². The van der Waals surface area contributed by atoms with Gasteiger partial charge in [-0.25, -0.2) is 4.98 Å². The van der Waals surface area contributed by atoms with Crippen molar-refractivity contribution in [2.24, 2.45) is 5.73 Å². The number of rotatable bonds is 1. The molecule has 2 atom stereocenters. The molecule has 0 radical (unpaired) electrons. The van der Waals surface area contributed by atoms with Crippen LogP contribution in [0.4, 0.5) is 0 Å². The molecule has 0 unspecified atom stereocenters. The van der Waals surface area contributed by atoms with Crippen LogP contribution in [0.2, 0.25) is 0 Å². The molecular formula is C22H24N4O2. The van der Waals surface area contributed by atoms with Gasteiger partial charge in [0.2, 0.25) is 0 Å². The Kier molecular flexibility index (Phi) is 3.82. The van der Waals surface area contributed by atoms with Crippen molar-refractivity contribution in [1.82, 2.24) is 14.3 Å². The zero-order valence-electron chi connectivity index (χ0n) is 15.9. The van der Waals surface area contributed by atoms with E-state index in [2.05, 4.69) is 11.1 Å². The van der Waals surface area contributed by atoms with Gasteiger partial charge in [0.05, 0.1) is 12.1 Å². The average molecular weight is 376 g/mol. The molecule has 144 valence electrons. The minimum atomic E-state index is -0.611. The minimum absolute atomic E-state index is 0.0528. The van der Waals surface area contributed by atoms with Crippen LogP contribution in [-0.2, 0) is 5.41 Å². The maximum atomic E-state index is 13.0. The van der Waals surface area contributed by atoms with Crippen molar-refractivity contribution in [2.75, 3.05) is 13.1 Å². The van der Waals surface area contributed by atoms with Crippen molar-refractivity contribution in [2.45, 2.75) is 37.3 Å². The molecule has 28 heavy (non-hydrogen) atoms. The number of pyridine rings is 1. The molecule has 1 aliphatic carbocycles. The Morgan fingerprint density at radius 3 is 2.68 bits per heavy atom. The molecule has 5 rings (SSSR count). The zero-order valence-corrected chi connectivity index (χ0v) is 15.9. The molecule has 2 aliphatic rings. The lowest BCUT2D eigenvalue weighted by atomic mass is 9.72. The topological polar surface area (TPSA) is 83.9 Å². The van der Waals surface area contributed by atoms with Crippen molar-refractivity contribution in [3.05, 3.63) is 71.2 Å². The van der Waals surface area contributed by atoms with Gasteiger partial charge in [0, 0.05) is 30.4 Å². The summed E-state index contributed by atoms with van der Waals surface area (Å²) in [5.74, 6) is -0.0528. The van der Waals surface area contributed by atoms with Gasteiger partial charge in [0.1, 0.15) is 11.3 Å². The molecule has 1 spiro atoms. The fraction of sp³-hybridized carbons (Fsp3) is 0.364. The van der Waals surface area contributed by atoms with E-state index >= 15 is 0 Å². The summed E-state index contributed by atoms with van der Waals surface area (Å²) in [6, 6.07) is 13.5. The number of aliphatic hydroxyl groups excluding tert-OH is 1. The van der Waals surface area contributed by atoms with E-state index in [0.717, 1.165) is 22.5 Å². The zero-order chi connectivity index (χ0) is 19.5. The van der Waals surface area contributed by atoms with Crippen LogP contribution in [0.5, 0.6) is 0 Å². The van der Waals surface area contributed by atoms with E-state index < -0.39 is 6.10 Å². The number of aromatic nitrogens is 2. The van der Waals surface area contributed by atoms with Gasteiger partial charge < -0.3 is 20.1 Å². The Morgan fingerprint density at radius 2 is 1.93 bits per heavy atom. The second-order valence-corrected chi connectivity index (χ2v) is 8.03. The van der Waals surface area contributed by atoms with E-state index in [1.807, 2.05) is 58.8 Å². The van der Waals surface area contributed by atoms with Crippen LogP contribution in [0.15, 0.2) is 48.7 Å². The number of aliphatic hydroxyl groups is 1. The Bertz CT molecular complexity index is 1070. The van der Waals surface area contributed by atoms with Gasteiger partial charge in [-0.2, -0.15) is 0 Å². The normalized spacial score (nSPS) is 23.3. The van der Waals surface area contributed by atoms with Crippen molar-refractivity contribution in [3.8, 4) is 0 Å². The van der Waals surface area contributed by atoms with Crippen LogP contribution in [0.1, 0.15) is 46.2 Å². The number of nitrogens with zero attached hydrogens (tertiary/aromatic N) is 3. The number of piperidine rings is 1. The number of imidazole rings is 1. The number of fused-ring (bicyclic) bond motifs is 3. The first kappa shape index (κ1) is 17.4. The van der Waals surface area contributed by atoms with E-state index in [9.17, 15) is 9.90 Å². The number of carbonyl (C=O) groups excluding carboxylic acids is 1. The highest BCUT2D eigenvalue weighted by atomic mass is 16.3. The highest BCUT2D eigenvalue weighted by Crippen LogP contribution is 2.50. The van der Waals surface area contributed by atoms with Crippen molar-refractivity contribution in [3.63, 3.8) is 0 Å². The SMILES string of the molecule is Cc1cccc2nc(C(=O)N3CCC4(CC3)c3ccccc3[C@@H](N)[C@@H]4O)cn12. The second kappa shape index (κ2) is 6.15. The Balaban J connectivity index is 1.40. The third kappa shape index (κ3) is 2.34. The average Bonchev–Trinajstić information content (AvgIpc) is 3.25. The van der Waals surface area contributed by atoms with Crippen molar-refractivity contribution >= 4 is 11.6 Å². The number of likely N-dealkylation sites (tertiary alicyclic amines) is 1. The van der Waals surface area contributed by atoms with Gasteiger partial charge in [0.15, 0.2) is 0 Å². The van der Waals surface area contributed by atoms with Crippen LogP contribution in [-0.4, -0.2) is 44.5 Å². The second-order valence-electron chi connectivity index (χ2n) is 8.03. The molecule has 2 aromatic heterocycles. The molecule has 6 nitrogen and oxygen atoms in total. The molecule has 3 heterocycles. The first-order valence-electron chi connectivity index (χ1n) is 9.78. The molecule has 3 aromatic rings. The lowest BCUT2D eigenvalue weighted by Gasteiger charge is -2.42. The van der Waals surface area contributed by atoms with Crippen molar-refractivity contribution in [1.29, 1.82) is 0 Å². The number of benzene rings is 1. The number of hydrogen-bond acceptors (Lipinski definition) is 4. The van der Waals surface area contributed by atoms with Gasteiger partial charge in [-0.3, -0.25) is 4.79 Å². The summed E-state index contributed by atoms with van der Waals surface area (Å²) < 4.78 is 1.94. The van der Waals surface area contributed by atoms with Crippen LogP contribution in [0.25, 0.3) is 5.65 Å². The summed E-state index contributed by atoms with van der Waals surface area (Å²) >= 11 is 0. The third-order valence-corrected chi connectivity index (χ3v) is 6.62. The van der Waals surface area contributed by atoms with Gasteiger partial charge in [-0.1, -0.05) is 30.3 Å². The largest absolute Gasteiger partial charge is 0.390 e. The first-order chi connectivity index (χ1) is 13.5. The van der Waals surface area contributed by atoms with E-state index in [0.29, 0.717) is 31.6 Å². The Hall–Kier alpha value is -2.70. The smallest absolute Gasteiger partial charge is 0.274 e.